The molecule has 0 aromatic heterocycles. The summed E-state index contributed by atoms with van der Waals surface area (Å²) in [6.45, 7) is 4.83. The lowest BCUT2D eigenvalue weighted by Gasteiger charge is -1.97. The molecular weight excluding hydrogens is 202 g/mol. The quantitative estimate of drug-likeness (QED) is 0.408. The second kappa shape index (κ2) is 6.80. The van der Waals surface area contributed by atoms with Crippen LogP contribution in [0.2, 0.25) is 0 Å². The Morgan fingerprint density at radius 3 is 2.13 bits per heavy atom. The van der Waals surface area contributed by atoms with E-state index >= 15 is 0 Å². The van der Waals surface area contributed by atoms with Crippen LogP contribution in [0.5, 0.6) is 0 Å². The number of nitrogens with one attached hydrogen (secondary N) is 1. The van der Waals surface area contributed by atoms with Gasteiger partial charge >= 0.3 is 11.9 Å². The zero-order valence-corrected chi connectivity index (χ0v) is 9.03. The molecule has 1 aliphatic rings. The molecule has 0 spiro atoms. The summed E-state index contributed by atoms with van der Waals surface area (Å²) >= 11 is 0. The second-order valence-corrected chi connectivity index (χ2v) is 3.01. The number of carbonyl (C=O) groups is 3. The molecule has 6 heteroatoms. The largest absolute Gasteiger partial charge is 0.355 e. The molecule has 1 amide bonds. The average Bonchev–Trinajstić information content (AvgIpc) is 2.78. The van der Waals surface area contributed by atoms with Gasteiger partial charge in [-0.15, -0.1) is 0 Å². The Morgan fingerprint density at radius 1 is 1.40 bits per heavy atom. The SMILES string of the molecule is CC1NC1=O.CCCC(=O)OOC(C)=O. The molecule has 1 atom stereocenters. The van der Waals surface area contributed by atoms with Gasteiger partial charge in [0.05, 0.1) is 0 Å². The molecule has 1 saturated heterocycles. The smallest absolute Gasteiger partial charge is 0.343 e. The maximum Gasteiger partial charge on any atom is 0.355 e. The first-order valence-corrected chi connectivity index (χ1v) is 4.65. The van der Waals surface area contributed by atoms with Gasteiger partial charge in [-0.05, 0) is 13.3 Å². The fourth-order valence-corrected chi connectivity index (χ4v) is 0.523. The van der Waals surface area contributed by atoms with Crippen LogP contribution in [0.15, 0.2) is 0 Å². The summed E-state index contributed by atoms with van der Waals surface area (Å²) in [5.74, 6) is -0.966. The summed E-state index contributed by atoms with van der Waals surface area (Å²) in [7, 11) is 0. The summed E-state index contributed by atoms with van der Waals surface area (Å²) in [6.07, 6.45) is 0.952. The lowest BCUT2D eigenvalue weighted by molar-refractivity contribution is -0.257. The van der Waals surface area contributed by atoms with Crippen LogP contribution in [0.1, 0.15) is 33.6 Å². The van der Waals surface area contributed by atoms with Crippen LogP contribution in [-0.4, -0.2) is 23.9 Å². The second-order valence-electron chi connectivity index (χ2n) is 3.01. The minimum absolute atomic E-state index is 0.162. The lowest BCUT2D eigenvalue weighted by atomic mass is 10.3. The molecule has 0 saturated carbocycles. The summed E-state index contributed by atoms with van der Waals surface area (Å²) in [5.41, 5.74) is 0. The van der Waals surface area contributed by atoms with E-state index in [4.69, 9.17) is 0 Å². The highest BCUT2D eigenvalue weighted by Gasteiger charge is 2.26. The van der Waals surface area contributed by atoms with E-state index in [-0.39, 0.29) is 18.4 Å². The molecule has 1 N–H and O–H groups in total. The van der Waals surface area contributed by atoms with E-state index in [1.165, 1.54) is 6.92 Å². The predicted molar refractivity (Wildman–Crippen MR) is 50.4 cm³/mol. The molecule has 0 bridgehead atoms. The Morgan fingerprint density at radius 2 is 1.87 bits per heavy atom. The molecule has 1 aliphatic heterocycles. The summed E-state index contributed by atoms with van der Waals surface area (Å²) < 4.78 is 0. The Balaban J connectivity index is 0.000000322. The Hall–Kier alpha value is -1.59. The van der Waals surface area contributed by atoms with E-state index in [0.717, 1.165) is 0 Å². The van der Waals surface area contributed by atoms with Crippen LogP contribution in [0.3, 0.4) is 0 Å². The average molecular weight is 217 g/mol. The third-order valence-corrected chi connectivity index (χ3v) is 1.37. The third kappa shape index (κ3) is 8.73. The van der Waals surface area contributed by atoms with Gasteiger partial charge in [0.15, 0.2) is 0 Å². The number of rotatable bonds is 2. The van der Waals surface area contributed by atoms with Gasteiger partial charge < -0.3 is 5.32 Å². The highest BCUT2D eigenvalue weighted by molar-refractivity contribution is 5.95. The van der Waals surface area contributed by atoms with E-state index in [1.807, 2.05) is 13.8 Å². The van der Waals surface area contributed by atoms with Crippen molar-refractivity contribution in [3.05, 3.63) is 0 Å². The number of carbonyl (C=O) groups excluding carboxylic acids is 3. The monoisotopic (exact) mass is 217 g/mol. The van der Waals surface area contributed by atoms with Crippen LogP contribution >= 0.6 is 0 Å². The third-order valence-electron chi connectivity index (χ3n) is 1.37. The minimum atomic E-state index is -0.621. The van der Waals surface area contributed by atoms with Gasteiger partial charge in [0, 0.05) is 13.3 Å². The van der Waals surface area contributed by atoms with Crippen molar-refractivity contribution in [2.45, 2.75) is 39.7 Å². The first-order valence-electron chi connectivity index (χ1n) is 4.65. The van der Waals surface area contributed by atoms with E-state index in [2.05, 4.69) is 15.1 Å². The van der Waals surface area contributed by atoms with Crippen LogP contribution in [-0.2, 0) is 24.2 Å². The van der Waals surface area contributed by atoms with E-state index in [1.54, 1.807) is 0 Å². The highest BCUT2D eigenvalue weighted by Crippen LogP contribution is 1.93. The van der Waals surface area contributed by atoms with Gasteiger partial charge in [0.2, 0.25) is 5.91 Å². The topological polar surface area (TPSA) is 91.6 Å². The van der Waals surface area contributed by atoms with Crippen molar-refractivity contribution in [1.29, 1.82) is 0 Å². The summed E-state index contributed by atoms with van der Waals surface area (Å²) in [6, 6.07) is 0.162. The number of amides is 1. The van der Waals surface area contributed by atoms with Gasteiger partial charge in [-0.25, -0.2) is 19.4 Å². The van der Waals surface area contributed by atoms with Crippen molar-refractivity contribution >= 4 is 17.8 Å². The first kappa shape index (κ1) is 13.4. The van der Waals surface area contributed by atoms with Crippen molar-refractivity contribution in [3.8, 4) is 0 Å². The van der Waals surface area contributed by atoms with Crippen molar-refractivity contribution in [1.82, 2.24) is 5.32 Å². The normalized spacial score (nSPS) is 16.7. The van der Waals surface area contributed by atoms with Gasteiger partial charge in [-0.3, -0.25) is 4.79 Å². The number of hydrogen-bond acceptors (Lipinski definition) is 5. The molecule has 6 nitrogen and oxygen atoms in total. The lowest BCUT2D eigenvalue weighted by Crippen LogP contribution is -2.07. The van der Waals surface area contributed by atoms with Crippen molar-refractivity contribution in [3.63, 3.8) is 0 Å². The first-order chi connectivity index (χ1) is 6.97. The Labute approximate surface area is 87.8 Å². The van der Waals surface area contributed by atoms with Crippen molar-refractivity contribution < 1.29 is 24.2 Å². The molecule has 1 fully saturated rings. The fraction of sp³-hybridized carbons (Fsp3) is 0.667. The molecule has 0 aromatic carbocycles. The van der Waals surface area contributed by atoms with E-state index in [0.29, 0.717) is 6.42 Å². The summed E-state index contributed by atoms with van der Waals surface area (Å²) in [4.78, 5) is 38.3. The van der Waals surface area contributed by atoms with E-state index < -0.39 is 11.9 Å². The van der Waals surface area contributed by atoms with Crippen LogP contribution < -0.4 is 5.32 Å². The molecule has 0 aliphatic carbocycles. The maximum atomic E-state index is 10.4. The Kier molecular flexibility index (Phi) is 6.08. The molecule has 86 valence electrons. The van der Waals surface area contributed by atoms with Gasteiger partial charge in [-0.2, -0.15) is 0 Å². The molecule has 15 heavy (non-hydrogen) atoms. The molecule has 1 rings (SSSR count). The summed E-state index contributed by atoms with van der Waals surface area (Å²) in [5, 5.41) is 2.56. The van der Waals surface area contributed by atoms with Crippen molar-refractivity contribution in [2.75, 3.05) is 0 Å². The van der Waals surface area contributed by atoms with E-state index in [9.17, 15) is 14.4 Å². The van der Waals surface area contributed by atoms with Crippen molar-refractivity contribution in [2.24, 2.45) is 0 Å². The van der Waals surface area contributed by atoms with Gasteiger partial charge in [0.25, 0.3) is 0 Å². The number of hydrogen-bond donors (Lipinski definition) is 1. The zero-order chi connectivity index (χ0) is 11.8. The molecule has 1 heterocycles. The standard InChI is InChI=1S/C6H10O4.C3H5NO/c1-3-4-6(8)10-9-5(2)7;1-2-3(5)4-2/h3-4H2,1-2H3;2H,1H3,(H,4,5). The van der Waals surface area contributed by atoms with Gasteiger partial charge in [0.1, 0.15) is 6.04 Å². The maximum absolute atomic E-state index is 10.4. The van der Waals surface area contributed by atoms with Gasteiger partial charge in [-0.1, -0.05) is 6.92 Å². The highest BCUT2D eigenvalue weighted by atomic mass is 17.2. The minimum Gasteiger partial charge on any atom is -0.343 e. The molecular formula is C9H15NO5. The fourth-order valence-electron chi connectivity index (χ4n) is 0.523. The predicted octanol–water partition coefficient (Wildman–Crippen LogP) is 0.312. The van der Waals surface area contributed by atoms with Crippen LogP contribution in [0.25, 0.3) is 0 Å². The molecule has 0 radical (unpaired) electrons. The van der Waals surface area contributed by atoms with Crippen LogP contribution in [0.4, 0.5) is 0 Å². The molecule has 0 aromatic rings. The zero-order valence-electron chi connectivity index (χ0n) is 9.03. The van der Waals surface area contributed by atoms with Crippen LogP contribution in [0, 0.1) is 0 Å². The Bertz CT molecular complexity index is 251. The molecule has 1 unspecified atom stereocenters.